The normalized spacial score (nSPS) is 18.2. The Labute approximate surface area is 116 Å². The van der Waals surface area contributed by atoms with E-state index in [1.54, 1.807) is 10.9 Å². The van der Waals surface area contributed by atoms with Crippen LogP contribution >= 0.6 is 0 Å². The van der Waals surface area contributed by atoms with E-state index in [0.717, 1.165) is 43.0 Å². The number of rotatable bonds is 5. The second-order valence-corrected chi connectivity index (χ2v) is 4.85. The molecule has 0 amide bonds. The molecule has 0 bridgehead atoms. The van der Waals surface area contributed by atoms with Gasteiger partial charge in [0.15, 0.2) is 5.65 Å². The lowest BCUT2D eigenvalue weighted by atomic mass is 10.1. The molecule has 0 saturated carbocycles. The van der Waals surface area contributed by atoms with Crippen LogP contribution in [0.2, 0.25) is 0 Å². The topological polar surface area (TPSA) is 88.7 Å². The number of aryl methyl sites for hydroxylation is 1. The standard InChI is InChI=1S/C13H16N6O/c14-3-1-4-19-13-11(7-18-19)12(16-9-17-13)15-6-10-2-5-20-8-10/h7,9-10H,1-2,4-6,8H2,(H,15,16,17). The Morgan fingerprint density at radius 3 is 3.25 bits per heavy atom. The molecular formula is C13H16N6O. The van der Waals surface area contributed by atoms with E-state index >= 15 is 0 Å². The first-order valence-corrected chi connectivity index (χ1v) is 6.73. The second kappa shape index (κ2) is 5.84. The van der Waals surface area contributed by atoms with Crippen molar-refractivity contribution in [1.29, 1.82) is 5.26 Å². The quantitative estimate of drug-likeness (QED) is 0.879. The summed E-state index contributed by atoms with van der Waals surface area (Å²) >= 11 is 0. The Morgan fingerprint density at radius 2 is 2.45 bits per heavy atom. The molecule has 0 aliphatic carbocycles. The summed E-state index contributed by atoms with van der Waals surface area (Å²) < 4.78 is 7.10. The fourth-order valence-electron chi connectivity index (χ4n) is 2.34. The zero-order valence-electron chi connectivity index (χ0n) is 11.1. The van der Waals surface area contributed by atoms with Crippen LogP contribution in [0.15, 0.2) is 12.5 Å². The molecule has 20 heavy (non-hydrogen) atoms. The average molecular weight is 272 g/mol. The third-order valence-electron chi connectivity index (χ3n) is 3.45. The Morgan fingerprint density at radius 1 is 1.50 bits per heavy atom. The number of hydrogen-bond acceptors (Lipinski definition) is 6. The monoisotopic (exact) mass is 272 g/mol. The highest BCUT2D eigenvalue weighted by molar-refractivity contribution is 5.86. The van der Waals surface area contributed by atoms with Gasteiger partial charge in [0.05, 0.1) is 37.2 Å². The minimum absolute atomic E-state index is 0.420. The van der Waals surface area contributed by atoms with Crippen LogP contribution < -0.4 is 5.32 Å². The highest BCUT2D eigenvalue weighted by atomic mass is 16.5. The van der Waals surface area contributed by atoms with Crippen LogP contribution in [-0.2, 0) is 11.3 Å². The van der Waals surface area contributed by atoms with Gasteiger partial charge in [-0.15, -0.1) is 0 Å². The number of anilines is 1. The van der Waals surface area contributed by atoms with Crippen LogP contribution in [0.4, 0.5) is 5.82 Å². The maximum atomic E-state index is 8.65. The van der Waals surface area contributed by atoms with Crippen LogP contribution in [0.1, 0.15) is 12.8 Å². The minimum atomic E-state index is 0.420. The van der Waals surface area contributed by atoms with Crippen molar-refractivity contribution in [3.63, 3.8) is 0 Å². The molecule has 7 heteroatoms. The van der Waals surface area contributed by atoms with E-state index in [2.05, 4.69) is 26.5 Å². The summed E-state index contributed by atoms with van der Waals surface area (Å²) in [6.45, 7) is 3.04. The first-order valence-electron chi connectivity index (χ1n) is 6.73. The molecule has 1 aliphatic heterocycles. The molecule has 3 rings (SSSR count). The van der Waals surface area contributed by atoms with Gasteiger partial charge in [0.2, 0.25) is 0 Å². The van der Waals surface area contributed by atoms with Gasteiger partial charge in [-0.1, -0.05) is 0 Å². The van der Waals surface area contributed by atoms with Crippen LogP contribution in [0.3, 0.4) is 0 Å². The lowest BCUT2D eigenvalue weighted by Gasteiger charge is -2.10. The molecule has 2 aromatic heterocycles. The third kappa shape index (κ3) is 2.56. The zero-order chi connectivity index (χ0) is 13.8. The molecule has 1 saturated heterocycles. The molecule has 1 aliphatic rings. The van der Waals surface area contributed by atoms with Gasteiger partial charge in [-0.05, 0) is 6.42 Å². The fourth-order valence-corrected chi connectivity index (χ4v) is 2.34. The Bertz CT molecular complexity index is 625. The van der Waals surface area contributed by atoms with Gasteiger partial charge in [-0.2, -0.15) is 10.4 Å². The van der Waals surface area contributed by atoms with E-state index in [9.17, 15) is 0 Å². The predicted molar refractivity (Wildman–Crippen MR) is 73.0 cm³/mol. The molecule has 1 atom stereocenters. The number of nitrogens with zero attached hydrogens (tertiary/aromatic N) is 5. The summed E-state index contributed by atoms with van der Waals surface area (Å²) in [4.78, 5) is 8.53. The largest absolute Gasteiger partial charge is 0.381 e. The van der Waals surface area contributed by atoms with Gasteiger partial charge >= 0.3 is 0 Å². The number of fused-ring (bicyclic) bond motifs is 1. The summed E-state index contributed by atoms with van der Waals surface area (Å²) in [5, 5.41) is 17.2. The lowest BCUT2D eigenvalue weighted by molar-refractivity contribution is 0.187. The highest BCUT2D eigenvalue weighted by Crippen LogP contribution is 2.20. The van der Waals surface area contributed by atoms with E-state index in [1.165, 1.54) is 6.33 Å². The Balaban J connectivity index is 1.77. The molecule has 1 fully saturated rings. The highest BCUT2D eigenvalue weighted by Gasteiger charge is 2.16. The first kappa shape index (κ1) is 12.8. The van der Waals surface area contributed by atoms with Gasteiger partial charge in [-0.25, -0.2) is 14.6 Å². The Hall–Kier alpha value is -2.20. The van der Waals surface area contributed by atoms with Crippen molar-refractivity contribution < 1.29 is 4.74 Å². The Kier molecular flexibility index (Phi) is 3.74. The minimum Gasteiger partial charge on any atom is -0.381 e. The number of nitrogens with one attached hydrogen (secondary N) is 1. The molecule has 1 N–H and O–H groups in total. The maximum Gasteiger partial charge on any atom is 0.163 e. The molecule has 0 radical (unpaired) electrons. The van der Waals surface area contributed by atoms with E-state index in [1.807, 2.05) is 0 Å². The van der Waals surface area contributed by atoms with Gasteiger partial charge in [0.25, 0.3) is 0 Å². The smallest absolute Gasteiger partial charge is 0.163 e. The average Bonchev–Trinajstić information content (AvgIpc) is 3.12. The molecule has 0 aromatic carbocycles. The summed E-state index contributed by atoms with van der Waals surface area (Å²) in [7, 11) is 0. The number of nitriles is 1. The SMILES string of the molecule is N#CCCn1ncc2c(NCC3CCOC3)ncnc21. The molecule has 2 aromatic rings. The lowest BCUT2D eigenvalue weighted by Crippen LogP contribution is -2.15. The molecule has 3 heterocycles. The fraction of sp³-hybridized carbons (Fsp3) is 0.538. The van der Waals surface area contributed by atoms with Crippen LogP contribution in [0.5, 0.6) is 0 Å². The van der Waals surface area contributed by atoms with Crippen molar-refractivity contribution in [3.8, 4) is 6.07 Å². The molecular weight excluding hydrogens is 256 g/mol. The van der Waals surface area contributed by atoms with Gasteiger partial charge in [0.1, 0.15) is 12.1 Å². The maximum absolute atomic E-state index is 8.65. The third-order valence-corrected chi connectivity index (χ3v) is 3.45. The zero-order valence-corrected chi connectivity index (χ0v) is 11.1. The summed E-state index contributed by atoms with van der Waals surface area (Å²) in [5.74, 6) is 1.33. The van der Waals surface area contributed by atoms with E-state index in [4.69, 9.17) is 10.00 Å². The number of hydrogen-bond donors (Lipinski definition) is 1. The predicted octanol–water partition coefficient (Wildman–Crippen LogP) is 1.19. The number of aromatic nitrogens is 4. The molecule has 0 spiro atoms. The second-order valence-electron chi connectivity index (χ2n) is 4.85. The van der Waals surface area contributed by atoms with E-state index in [-0.39, 0.29) is 0 Å². The van der Waals surface area contributed by atoms with Crippen molar-refractivity contribution >= 4 is 16.9 Å². The van der Waals surface area contributed by atoms with Gasteiger partial charge in [-0.3, -0.25) is 0 Å². The molecule has 7 nitrogen and oxygen atoms in total. The van der Waals surface area contributed by atoms with Crippen molar-refractivity contribution in [3.05, 3.63) is 12.5 Å². The van der Waals surface area contributed by atoms with Crippen LogP contribution in [0.25, 0.3) is 11.0 Å². The van der Waals surface area contributed by atoms with Gasteiger partial charge < -0.3 is 10.1 Å². The van der Waals surface area contributed by atoms with Crippen molar-refractivity contribution in [2.45, 2.75) is 19.4 Å². The van der Waals surface area contributed by atoms with Crippen molar-refractivity contribution in [2.75, 3.05) is 25.1 Å². The molecule has 1 unspecified atom stereocenters. The number of ether oxygens (including phenoxy) is 1. The van der Waals surface area contributed by atoms with Crippen molar-refractivity contribution in [1.82, 2.24) is 19.7 Å². The van der Waals surface area contributed by atoms with E-state index < -0.39 is 0 Å². The first-order chi connectivity index (χ1) is 9.88. The van der Waals surface area contributed by atoms with Crippen LogP contribution in [-0.4, -0.2) is 39.5 Å². The van der Waals surface area contributed by atoms with E-state index in [0.29, 0.717) is 18.9 Å². The summed E-state index contributed by atoms with van der Waals surface area (Å²) in [6.07, 6.45) is 4.78. The summed E-state index contributed by atoms with van der Waals surface area (Å²) in [6, 6.07) is 2.11. The summed E-state index contributed by atoms with van der Waals surface area (Å²) in [5.41, 5.74) is 0.764. The van der Waals surface area contributed by atoms with Crippen molar-refractivity contribution in [2.24, 2.45) is 5.92 Å². The molecule has 104 valence electrons. The van der Waals surface area contributed by atoms with Gasteiger partial charge in [0, 0.05) is 19.1 Å². The van der Waals surface area contributed by atoms with Crippen LogP contribution in [0, 0.1) is 17.2 Å².